The van der Waals surface area contributed by atoms with E-state index in [-0.39, 0.29) is 12.0 Å². The maximum atomic E-state index is 12.6. The minimum atomic E-state index is -0.179. The van der Waals surface area contributed by atoms with Crippen molar-refractivity contribution in [3.63, 3.8) is 0 Å². The topological polar surface area (TPSA) is 85.8 Å². The van der Waals surface area contributed by atoms with Gasteiger partial charge in [0.2, 0.25) is 11.0 Å². The first-order valence-electron chi connectivity index (χ1n) is 9.05. The number of thioether (sulfide) groups is 1. The van der Waals surface area contributed by atoms with Crippen molar-refractivity contribution in [2.24, 2.45) is 0 Å². The van der Waals surface area contributed by atoms with Gasteiger partial charge in [0.05, 0.1) is 18.9 Å². The third kappa shape index (κ3) is 5.73. The summed E-state index contributed by atoms with van der Waals surface area (Å²) in [5, 5.41) is 12.0. The molecule has 8 nitrogen and oxygen atoms in total. The van der Waals surface area contributed by atoms with E-state index in [4.69, 9.17) is 14.2 Å². The van der Waals surface area contributed by atoms with E-state index >= 15 is 0 Å². The summed E-state index contributed by atoms with van der Waals surface area (Å²) in [5.41, 5.74) is 0. The van der Waals surface area contributed by atoms with Crippen LogP contribution >= 0.6 is 23.1 Å². The molecule has 0 fully saturated rings. The van der Waals surface area contributed by atoms with E-state index in [2.05, 4.69) is 15.5 Å². The Bertz CT molecular complexity index is 774. The maximum Gasteiger partial charge on any atom is 0.233 e. The molecule has 152 valence electrons. The van der Waals surface area contributed by atoms with Gasteiger partial charge in [0.25, 0.3) is 0 Å². The standard InChI is InChI=1S/C18H24N4O4S2/c1-3-22(10-13-11-25-14-6-4-5-7-15(14)26-13)16(23)12-27-18-21-20-17(28-18)19-8-9-24-2/h4-7,13H,3,8-12H2,1-2H3,(H,19,20). The zero-order valence-corrected chi connectivity index (χ0v) is 17.6. The zero-order chi connectivity index (χ0) is 19.8. The van der Waals surface area contributed by atoms with E-state index in [0.29, 0.717) is 38.6 Å². The number of nitrogens with zero attached hydrogens (tertiary/aromatic N) is 3. The van der Waals surface area contributed by atoms with Gasteiger partial charge in [-0.05, 0) is 19.1 Å². The molecule has 1 aromatic carbocycles. The van der Waals surface area contributed by atoms with E-state index < -0.39 is 0 Å². The summed E-state index contributed by atoms with van der Waals surface area (Å²) in [5.74, 6) is 1.82. The van der Waals surface area contributed by atoms with Crippen molar-refractivity contribution in [3.8, 4) is 11.5 Å². The number of carbonyl (C=O) groups is 1. The number of carbonyl (C=O) groups excluding carboxylic acids is 1. The Morgan fingerprint density at radius 2 is 2.21 bits per heavy atom. The highest BCUT2D eigenvalue weighted by Crippen LogP contribution is 2.31. The second-order valence-electron chi connectivity index (χ2n) is 6.01. The number of para-hydroxylation sites is 2. The van der Waals surface area contributed by atoms with Gasteiger partial charge in [-0.1, -0.05) is 35.2 Å². The average molecular weight is 425 g/mol. The lowest BCUT2D eigenvalue weighted by Crippen LogP contribution is -2.44. The summed E-state index contributed by atoms with van der Waals surface area (Å²) in [4.78, 5) is 14.4. The molecule has 3 rings (SSSR count). The van der Waals surface area contributed by atoms with Crippen molar-refractivity contribution in [2.75, 3.05) is 51.0 Å². The van der Waals surface area contributed by atoms with Crippen LogP contribution in [-0.4, -0.2) is 72.8 Å². The van der Waals surface area contributed by atoms with Crippen molar-refractivity contribution in [1.82, 2.24) is 15.1 Å². The van der Waals surface area contributed by atoms with Gasteiger partial charge < -0.3 is 24.4 Å². The Kier molecular flexibility index (Phi) is 7.75. The molecule has 0 spiro atoms. The quantitative estimate of drug-likeness (QED) is 0.460. The number of benzene rings is 1. The molecule has 10 heteroatoms. The Balaban J connectivity index is 1.46. The summed E-state index contributed by atoms with van der Waals surface area (Å²) in [6.45, 7) is 4.77. The van der Waals surface area contributed by atoms with E-state index in [1.54, 1.807) is 12.0 Å². The highest BCUT2D eigenvalue weighted by Gasteiger charge is 2.25. The van der Waals surface area contributed by atoms with Crippen LogP contribution in [0.25, 0.3) is 0 Å². The molecule has 28 heavy (non-hydrogen) atoms. The second-order valence-corrected chi connectivity index (χ2v) is 8.21. The molecule has 1 atom stereocenters. The van der Waals surface area contributed by atoms with Crippen LogP contribution in [0.1, 0.15) is 6.92 Å². The molecule has 0 aliphatic carbocycles. The third-order valence-electron chi connectivity index (χ3n) is 4.03. The minimum Gasteiger partial charge on any atom is -0.486 e. The van der Waals surface area contributed by atoms with Crippen LogP contribution in [-0.2, 0) is 9.53 Å². The van der Waals surface area contributed by atoms with Gasteiger partial charge in [-0.15, -0.1) is 10.2 Å². The fourth-order valence-electron chi connectivity index (χ4n) is 2.62. The van der Waals surface area contributed by atoms with Crippen molar-refractivity contribution in [1.29, 1.82) is 0 Å². The van der Waals surface area contributed by atoms with Gasteiger partial charge in [-0.3, -0.25) is 4.79 Å². The lowest BCUT2D eigenvalue weighted by atomic mass is 10.2. The highest BCUT2D eigenvalue weighted by molar-refractivity contribution is 8.01. The number of aromatic nitrogens is 2. The molecule has 2 heterocycles. The minimum absolute atomic E-state index is 0.0408. The van der Waals surface area contributed by atoms with Gasteiger partial charge >= 0.3 is 0 Å². The molecule has 0 saturated heterocycles. The molecule has 0 radical (unpaired) electrons. The van der Waals surface area contributed by atoms with E-state index in [1.807, 2.05) is 31.2 Å². The fourth-order valence-corrected chi connectivity index (χ4v) is 4.30. The van der Waals surface area contributed by atoms with E-state index in [9.17, 15) is 4.79 Å². The number of hydrogen-bond acceptors (Lipinski definition) is 9. The molecule has 0 bridgehead atoms. The normalized spacial score (nSPS) is 15.3. The summed E-state index contributed by atoms with van der Waals surface area (Å²) in [6, 6.07) is 7.58. The molecule has 1 aliphatic rings. The first kappa shape index (κ1) is 20.7. The average Bonchev–Trinajstić information content (AvgIpc) is 3.18. The van der Waals surface area contributed by atoms with E-state index in [0.717, 1.165) is 21.0 Å². The first-order valence-corrected chi connectivity index (χ1v) is 10.8. The second kappa shape index (κ2) is 10.5. The molecule has 1 unspecified atom stereocenters. The number of anilines is 1. The monoisotopic (exact) mass is 424 g/mol. The number of amides is 1. The molecular weight excluding hydrogens is 400 g/mol. The molecule has 2 aromatic rings. The van der Waals surface area contributed by atoms with Crippen LogP contribution in [0.15, 0.2) is 28.6 Å². The lowest BCUT2D eigenvalue weighted by molar-refractivity contribution is -0.129. The Hall–Kier alpha value is -2.04. The molecule has 1 N–H and O–H groups in total. The summed E-state index contributed by atoms with van der Waals surface area (Å²) in [6.07, 6.45) is -0.179. The number of ether oxygens (including phenoxy) is 3. The predicted octanol–water partition coefficient (Wildman–Crippen LogP) is 2.38. The third-order valence-corrected chi connectivity index (χ3v) is 6.03. The Morgan fingerprint density at radius 3 is 3.00 bits per heavy atom. The summed E-state index contributed by atoms with van der Waals surface area (Å²) >= 11 is 2.82. The maximum absolute atomic E-state index is 12.6. The van der Waals surface area contributed by atoms with E-state index in [1.165, 1.54) is 23.1 Å². The zero-order valence-electron chi connectivity index (χ0n) is 15.9. The number of methoxy groups -OCH3 is 1. The van der Waals surface area contributed by atoms with Gasteiger partial charge in [0, 0.05) is 20.2 Å². The largest absolute Gasteiger partial charge is 0.486 e. The van der Waals surface area contributed by atoms with Crippen LogP contribution in [0.3, 0.4) is 0 Å². The molecule has 0 saturated carbocycles. The highest BCUT2D eigenvalue weighted by atomic mass is 32.2. The fraction of sp³-hybridized carbons (Fsp3) is 0.500. The van der Waals surface area contributed by atoms with Gasteiger partial charge in [0.15, 0.2) is 21.9 Å². The van der Waals surface area contributed by atoms with Crippen LogP contribution in [0.5, 0.6) is 11.5 Å². The Morgan fingerprint density at radius 1 is 1.39 bits per heavy atom. The smallest absolute Gasteiger partial charge is 0.233 e. The number of likely N-dealkylation sites (N-methyl/N-ethyl adjacent to an activating group) is 1. The van der Waals surface area contributed by atoms with Crippen LogP contribution < -0.4 is 14.8 Å². The van der Waals surface area contributed by atoms with Gasteiger partial charge in [-0.25, -0.2) is 0 Å². The molecule has 1 amide bonds. The van der Waals surface area contributed by atoms with Crippen LogP contribution in [0.2, 0.25) is 0 Å². The van der Waals surface area contributed by atoms with Crippen LogP contribution in [0, 0.1) is 0 Å². The number of fused-ring (bicyclic) bond motifs is 1. The first-order chi connectivity index (χ1) is 13.7. The molecular formula is C18H24N4O4S2. The van der Waals surface area contributed by atoms with Crippen molar-refractivity contribution in [2.45, 2.75) is 17.4 Å². The van der Waals surface area contributed by atoms with Gasteiger partial charge in [-0.2, -0.15) is 0 Å². The number of nitrogens with one attached hydrogen (secondary N) is 1. The summed E-state index contributed by atoms with van der Waals surface area (Å²) < 4.78 is 17.4. The lowest BCUT2D eigenvalue weighted by Gasteiger charge is -2.30. The SMILES string of the molecule is CCN(CC1COc2ccccc2O1)C(=O)CSc1nnc(NCCOC)s1. The van der Waals surface area contributed by atoms with Crippen molar-refractivity contribution >= 4 is 34.1 Å². The molecule has 1 aliphatic heterocycles. The summed E-state index contributed by atoms with van der Waals surface area (Å²) in [7, 11) is 1.65. The number of hydrogen-bond donors (Lipinski definition) is 1. The molecule has 1 aromatic heterocycles. The van der Waals surface area contributed by atoms with Crippen molar-refractivity contribution in [3.05, 3.63) is 24.3 Å². The van der Waals surface area contributed by atoms with Crippen LogP contribution in [0.4, 0.5) is 5.13 Å². The predicted molar refractivity (Wildman–Crippen MR) is 110 cm³/mol. The van der Waals surface area contributed by atoms with Gasteiger partial charge in [0.1, 0.15) is 6.61 Å². The van der Waals surface area contributed by atoms with Crippen molar-refractivity contribution < 1.29 is 19.0 Å². The number of rotatable bonds is 10. The Labute approximate surface area is 172 Å².